The van der Waals surface area contributed by atoms with Gasteiger partial charge in [-0.3, -0.25) is 0 Å². The van der Waals surface area contributed by atoms with Crippen LogP contribution in [0.2, 0.25) is 0 Å². The minimum absolute atomic E-state index is 0.641. The van der Waals surface area contributed by atoms with Crippen molar-refractivity contribution in [2.45, 2.75) is 24.9 Å². The third-order valence-electron chi connectivity index (χ3n) is 4.18. The summed E-state index contributed by atoms with van der Waals surface area (Å²) in [6.45, 7) is 2.31. The van der Waals surface area contributed by atoms with Crippen LogP contribution in [0.3, 0.4) is 0 Å². The van der Waals surface area contributed by atoms with Crippen molar-refractivity contribution < 1.29 is 4.74 Å². The van der Waals surface area contributed by atoms with Gasteiger partial charge in [-0.25, -0.2) is 0 Å². The number of likely N-dealkylation sites (tertiary alicyclic amines) is 1. The molecule has 2 bridgehead atoms. The first-order chi connectivity index (χ1) is 8.69. The van der Waals surface area contributed by atoms with E-state index in [1.165, 1.54) is 18.5 Å². The molecule has 0 radical (unpaired) electrons. The number of hydrogen-bond acceptors (Lipinski definition) is 4. The Hall–Kier alpha value is -1.42. The smallest absolute Gasteiger partial charge is 0.143 e. The van der Waals surface area contributed by atoms with E-state index in [0.717, 1.165) is 18.8 Å². The fourth-order valence-electron chi connectivity index (χ4n) is 3.40. The number of anilines is 2. The molecule has 2 N–H and O–H groups in total. The molecule has 2 aliphatic heterocycles. The fourth-order valence-corrected chi connectivity index (χ4v) is 3.40. The lowest BCUT2D eigenvalue weighted by Crippen LogP contribution is -2.52. The number of likely N-dealkylation sites (N-methyl/N-ethyl adjacent to an activating group) is 1. The molecular weight excluding hydrogens is 226 g/mol. The maximum absolute atomic E-state index is 5.88. The summed E-state index contributed by atoms with van der Waals surface area (Å²) in [6, 6.07) is 7.43. The molecule has 2 unspecified atom stereocenters. The number of nitrogens with zero attached hydrogens (tertiary/aromatic N) is 2. The van der Waals surface area contributed by atoms with Crippen LogP contribution in [0.25, 0.3) is 0 Å². The Morgan fingerprint density at radius 3 is 2.50 bits per heavy atom. The van der Waals surface area contributed by atoms with Crippen LogP contribution < -0.4 is 15.4 Å². The van der Waals surface area contributed by atoms with Gasteiger partial charge in [0, 0.05) is 36.9 Å². The van der Waals surface area contributed by atoms with E-state index < -0.39 is 0 Å². The number of ether oxygens (including phenoxy) is 1. The van der Waals surface area contributed by atoms with Gasteiger partial charge in [-0.1, -0.05) is 0 Å². The molecular formula is C14H21N3O. The van der Waals surface area contributed by atoms with Crippen molar-refractivity contribution in [3.05, 3.63) is 18.2 Å². The number of benzene rings is 1. The number of nitrogen functional groups attached to an aromatic ring is 1. The van der Waals surface area contributed by atoms with Gasteiger partial charge in [0.05, 0.1) is 12.8 Å². The van der Waals surface area contributed by atoms with E-state index in [0.29, 0.717) is 17.8 Å². The number of piperazine rings is 1. The fraction of sp³-hybridized carbons (Fsp3) is 0.571. The minimum atomic E-state index is 0.641. The average Bonchev–Trinajstić information content (AvgIpc) is 2.63. The van der Waals surface area contributed by atoms with Gasteiger partial charge in [0.1, 0.15) is 5.75 Å². The second kappa shape index (κ2) is 4.35. The van der Waals surface area contributed by atoms with Crippen LogP contribution in [-0.4, -0.2) is 44.2 Å². The van der Waals surface area contributed by atoms with E-state index in [-0.39, 0.29) is 0 Å². The molecule has 2 aliphatic rings. The molecule has 18 heavy (non-hydrogen) atoms. The van der Waals surface area contributed by atoms with Gasteiger partial charge in [-0.15, -0.1) is 0 Å². The average molecular weight is 247 g/mol. The van der Waals surface area contributed by atoms with Crippen LogP contribution in [0.1, 0.15) is 12.8 Å². The highest BCUT2D eigenvalue weighted by Gasteiger charge is 2.38. The Morgan fingerprint density at radius 1 is 1.22 bits per heavy atom. The van der Waals surface area contributed by atoms with Crippen LogP contribution in [-0.2, 0) is 0 Å². The highest BCUT2D eigenvalue weighted by atomic mass is 16.5. The van der Waals surface area contributed by atoms with Crippen molar-refractivity contribution in [1.29, 1.82) is 0 Å². The molecule has 2 saturated heterocycles. The van der Waals surface area contributed by atoms with Gasteiger partial charge in [-0.05, 0) is 32.0 Å². The highest BCUT2D eigenvalue weighted by molar-refractivity contribution is 5.63. The predicted octanol–water partition coefficient (Wildman–Crippen LogP) is 1.56. The van der Waals surface area contributed by atoms with Gasteiger partial charge >= 0.3 is 0 Å². The molecule has 1 aromatic carbocycles. The zero-order chi connectivity index (χ0) is 12.7. The Morgan fingerprint density at radius 2 is 1.89 bits per heavy atom. The molecule has 4 heteroatoms. The summed E-state index contributed by atoms with van der Waals surface area (Å²) in [5, 5.41) is 0. The maximum Gasteiger partial charge on any atom is 0.143 e. The normalized spacial score (nSPS) is 27.6. The molecule has 2 heterocycles. The van der Waals surface area contributed by atoms with Gasteiger partial charge < -0.3 is 20.3 Å². The molecule has 98 valence electrons. The summed E-state index contributed by atoms with van der Waals surface area (Å²) < 4.78 is 5.33. The van der Waals surface area contributed by atoms with E-state index in [1.54, 1.807) is 7.11 Å². The summed E-state index contributed by atoms with van der Waals surface area (Å²) in [5.41, 5.74) is 7.85. The molecule has 0 amide bonds. The van der Waals surface area contributed by atoms with Crippen LogP contribution >= 0.6 is 0 Å². The number of nitrogens with two attached hydrogens (primary N) is 1. The molecule has 0 aliphatic carbocycles. The monoisotopic (exact) mass is 247 g/mol. The van der Waals surface area contributed by atoms with Crippen molar-refractivity contribution in [2.75, 3.05) is 37.9 Å². The van der Waals surface area contributed by atoms with E-state index in [1.807, 2.05) is 6.07 Å². The standard InChI is InChI=1S/C14H21N3O/c1-16-8-11-3-4-12(9-16)17(11)10-5-6-13(15)14(7-10)18-2/h5-7,11-12H,3-4,8-9,15H2,1-2H3. The first-order valence-corrected chi connectivity index (χ1v) is 6.59. The van der Waals surface area contributed by atoms with Gasteiger partial charge in [-0.2, -0.15) is 0 Å². The van der Waals surface area contributed by atoms with Gasteiger partial charge in [0.2, 0.25) is 0 Å². The lowest BCUT2D eigenvalue weighted by molar-refractivity contribution is 0.264. The van der Waals surface area contributed by atoms with Crippen LogP contribution in [0, 0.1) is 0 Å². The molecule has 2 atom stereocenters. The molecule has 4 nitrogen and oxygen atoms in total. The van der Waals surface area contributed by atoms with Gasteiger partial charge in [0.15, 0.2) is 0 Å². The quantitative estimate of drug-likeness (QED) is 0.805. The summed E-state index contributed by atoms with van der Waals surface area (Å²) in [5.74, 6) is 0.783. The van der Waals surface area contributed by atoms with E-state index in [2.05, 4.69) is 29.0 Å². The Bertz CT molecular complexity index is 435. The van der Waals surface area contributed by atoms with E-state index in [4.69, 9.17) is 10.5 Å². The summed E-state index contributed by atoms with van der Waals surface area (Å²) in [4.78, 5) is 5.00. The summed E-state index contributed by atoms with van der Waals surface area (Å²) in [7, 11) is 3.89. The SMILES string of the molecule is COc1cc(N2C3CCC2CN(C)C3)ccc1N. The largest absolute Gasteiger partial charge is 0.495 e. The van der Waals surface area contributed by atoms with Crippen molar-refractivity contribution >= 4 is 11.4 Å². The summed E-state index contributed by atoms with van der Waals surface area (Å²) in [6.07, 6.45) is 2.59. The topological polar surface area (TPSA) is 41.7 Å². The lowest BCUT2D eigenvalue weighted by Gasteiger charge is -2.41. The molecule has 0 spiro atoms. The number of methoxy groups -OCH3 is 1. The predicted molar refractivity (Wildman–Crippen MR) is 74.2 cm³/mol. The molecule has 0 aromatic heterocycles. The number of hydrogen-bond donors (Lipinski definition) is 1. The zero-order valence-electron chi connectivity index (χ0n) is 11.1. The van der Waals surface area contributed by atoms with Crippen molar-refractivity contribution in [3.63, 3.8) is 0 Å². The second-order valence-corrected chi connectivity index (χ2v) is 5.44. The summed E-state index contributed by atoms with van der Waals surface area (Å²) >= 11 is 0. The van der Waals surface area contributed by atoms with E-state index in [9.17, 15) is 0 Å². The lowest BCUT2D eigenvalue weighted by atomic mass is 10.1. The van der Waals surface area contributed by atoms with Crippen molar-refractivity contribution in [3.8, 4) is 5.75 Å². The van der Waals surface area contributed by atoms with E-state index >= 15 is 0 Å². The first kappa shape index (κ1) is 11.7. The third-order valence-corrected chi connectivity index (χ3v) is 4.18. The van der Waals surface area contributed by atoms with Crippen LogP contribution in [0.5, 0.6) is 5.75 Å². The Labute approximate surface area is 108 Å². The molecule has 2 fully saturated rings. The van der Waals surface area contributed by atoms with Crippen LogP contribution in [0.4, 0.5) is 11.4 Å². The van der Waals surface area contributed by atoms with Crippen LogP contribution in [0.15, 0.2) is 18.2 Å². The molecule has 1 aromatic rings. The third kappa shape index (κ3) is 1.81. The Kier molecular flexibility index (Phi) is 2.82. The van der Waals surface area contributed by atoms with Crippen molar-refractivity contribution in [1.82, 2.24) is 4.90 Å². The highest BCUT2D eigenvalue weighted by Crippen LogP contribution is 2.37. The molecule has 0 saturated carbocycles. The molecule has 3 rings (SSSR count). The first-order valence-electron chi connectivity index (χ1n) is 6.59. The number of rotatable bonds is 2. The minimum Gasteiger partial charge on any atom is -0.495 e. The Balaban J connectivity index is 1.91. The van der Waals surface area contributed by atoms with Gasteiger partial charge in [0.25, 0.3) is 0 Å². The maximum atomic E-state index is 5.88. The van der Waals surface area contributed by atoms with Crippen molar-refractivity contribution in [2.24, 2.45) is 0 Å². The number of fused-ring (bicyclic) bond motifs is 2. The zero-order valence-corrected chi connectivity index (χ0v) is 11.1. The second-order valence-electron chi connectivity index (χ2n) is 5.44.